The number of anilines is 2. The van der Waals surface area contributed by atoms with E-state index in [0.717, 1.165) is 0 Å². The topological polar surface area (TPSA) is 113 Å². The first-order chi connectivity index (χ1) is 11.8. The van der Waals surface area contributed by atoms with Crippen molar-refractivity contribution in [2.75, 3.05) is 17.2 Å². The normalized spacial score (nSPS) is 10.0. The Kier molecular flexibility index (Phi) is 6.15. The van der Waals surface area contributed by atoms with E-state index < -0.39 is 16.9 Å². The molecule has 0 fully saturated rings. The molecule has 0 aliphatic carbocycles. The number of carbonyl (C=O) groups excluding carboxylic acids is 2. The number of nitro benzene ring substituents is 1. The van der Waals surface area contributed by atoms with Crippen LogP contribution in [0.25, 0.3) is 0 Å². The smallest absolute Gasteiger partial charge is 0.319 e. The van der Waals surface area contributed by atoms with Crippen molar-refractivity contribution in [3.63, 3.8) is 0 Å². The molecule has 2 aromatic carbocycles. The summed E-state index contributed by atoms with van der Waals surface area (Å²) in [5.74, 6) is -0.515. The van der Waals surface area contributed by atoms with Gasteiger partial charge >= 0.3 is 6.03 Å². The summed E-state index contributed by atoms with van der Waals surface area (Å²) in [7, 11) is 0. The molecular weight excluding hydrogens is 371 g/mol. The van der Waals surface area contributed by atoms with Crippen LogP contribution in [0.15, 0.2) is 42.5 Å². The SMILES string of the molecule is O=C(CNC(=O)Nc1cccc([N+](=O)[O-])c1)Nc1cc(Cl)ccc1Cl. The Balaban J connectivity index is 1.87. The number of carbonyl (C=O) groups is 2. The number of urea groups is 1. The molecule has 0 bridgehead atoms. The molecule has 0 heterocycles. The van der Waals surface area contributed by atoms with Crippen LogP contribution in [0.2, 0.25) is 10.0 Å². The Labute approximate surface area is 152 Å². The highest BCUT2D eigenvalue weighted by atomic mass is 35.5. The second kappa shape index (κ2) is 8.32. The van der Waals surface area contributed by atoms with Crippen molar-refractivity contribution in [1.82, 2.24) is 5.32 Å². The molecule has 0 spiro atoms. The first kappa shape index (κ1) is 18.5. The van der Waals surface area contributed by atoms with Gasteiger partial charge < -0.3 is 16.0 Å². The van der Waals surface area contributed by atoms with Gasteiger partial charge in [-0.05, 0) is 24.3 Å². The van der Waals surface area contributed by atoms with E-state index in [4.69, 9.17) is 23.2 Å². The van der Waals surface area contributed by atoms with Crippen LogP contribution in [0.1, 0.15) is 0 Å². The molecule has 3 N–H and O–H groups in total. The summed E-state index contributed by atoms with van der Waals surface area (Å²) in [5, 5.41) is 18.6. The van der Waals surface area contributed by atoms with Crippen molar-refractivity contribution >= 4 is 52.2 Å². The first-order valence-electron chi connectivity index (χ1n) is 6.89. The Morgan fingerprint density at radius 2 is 1.84 bits per heavy atom. The molecule has 0 aromatic heterocycles. The lowest BCUT2D eigenvalue weighted by Crippen LogP contribution is -2.35. The zero-order chi connectivity index (χ0) is 18.4. The Morgan fingerprint density at radius 1 is 1.08 bits per heavy atom. The predicted molar refractivity (Wildman–Crippen MR) is 95.2 cm³/mol. The average molecular weight is 383 g/mol. The third-order valence-corrected chi connectivity index (χ3v) is 3.49. The lowest BCUT2D eigenvalue weighted by molar-refractivity contribution is -0.384. The fourth-order valence-electron chi connectivity index (χ4n) is 1.82. The third kappa shape index (κ3) is 5.63. The van der Waals surface area contributed by atoms with Crippen molar-refractivity contribution in [3.05, 3.63) is 62.6 Å². The van der Waals surface area contributed by atoms with E-state index >= 15 is 0 Å². The van der Waals surface area contributed by atoms with Crippen molar-refractivity contribution in [1.29, 1.82) is 0 Å². The maximum atomic E-state index is 11.8. The van der Waals surface area contributed by atoms with Gasteiger partial charge in [-0.25, -0.2) is 4.79 Å². The summed E-state index contributed by atoms with van der Waals surface area (Å²) in [6.07, 6.45) is 0. The maximum absolute atomic E-state index is 11.8. The molecule has 2 rings (SSSR count). The number of nitrogens with one attached hydrogen (secondary N) is 3. The standard InChI is InChI=1S/C15H12Cl2N4O4/c16-9-4-5-12(17)13(6-9)20-14(22)8-18-15(23)19-10-2-1-3-11(7-10)21(24)25/h1-7H,8H2,(H,20,22)(H2,18,19,23). The number of benzene rings is 2. The molecule has 3 amide bonds. The van der Waals surface area contributed by atoms with E-state index in [-0.39, 0.29) is 17.9 Å². The van der Waals surface area contributed by atoms with Gasteiger partial charge in [-0.15, -0.1) is 0 Å². The van der Waals surface area contributed by atoms with Crippen LogP contribution in [-0.2, 0) is 4.79 Å². The summed E-state index contributed by atoms with van der Waals surface area (Å²) in [4.78, 5) is 33.7. The van der Waals surface area contributed by atoms with Crippen molar-refractivity contribution in [2.45, 2.75) is 0 Å². The van der Waals surface area contributed by atoms with Crippen LogP contribution in [0, 0.1) is 10.1 Å². The van der Waals surface area contributed by atoms with Crippen LogP contribution in [0.3, 0.4) is 0 Å². The van der Waals surface area contributed by atoms with Gasteiger partial charge in [0.25, 0.3) is 5.69 Å². The lowest BCUT2D eigenvalue weighted by Gasteiger charge is -2.09. The molecule has 8 nitrogen and oxygen atoms in total. The van der Waals surface area contributed by atoms with Gasteiger partial charge in [0.1, 0.15) is 0 Å². The molecule has 0 aliphatic heterocycles. The molecule has 130 valence electrons. The molecule has 0 saturated carbocycles. The zero-order valence-corrected chi connectivity index (χ0v) is 14.1. The maximum Gasteiger partial charge on any atom is 0.319 e. The molecule has 2 aromatic rings. The molecule has 25 heavy (non-hydrogen) atoms. The van der Waals surface area contributed by atoms with E-state index in [2.05, 4.69) is 16.0 Å². The highest BCUT2D eigenvalue weighted by Gasteiger charge is 2.10. The number of nitrogens with zero attached hydrogens (tertiary/aromatic N) is 1. The molecule has 10 heteroatoms. The minimum absolute atomic E-state index is 0.161. The van der Waals surface area contributed by atoms with Crippen LogP contribution in [-0.4, -0.2) is 23.4 Å². The van der Waals surface area contributed by atoms with Gasteiger partial charge in [0.2, 0.25) is 5.91 Å². The Hall–Kier alpha value is -2.84. The van der Waals surface area contributed by atoms with Gasteiger partial charge in [-0.2, -0.15) is 0 Å². The predicted octanol–water partition coefficient (Wildman–Crippen LogP) is 3.66. The van der Waals surface area contributed by atoms with Gasteiger partial charge in [-0.3, -0.25) is 14.9 Å². The van der Waals surface area contributed by atoms with E-state index in [1.807, 2.05) is 0 Å². The molecule has 0 aliphatic rings. The minimum Gasteiger partial charge on any atom is -0.329 e. The number of hydrogen-bond acceptors (Lipinski definition) is 4. The van der Waals surface area contributed by atoms with Crippen LogP contribution in [0.5, 0.6) is 0 Å². The number of amides is 3. The fraction of sp³-hybridized carbons (Fsp3) is 0.0667. The van der Waals surface area contributed by atoms with Gasteiger partial charge in [0, 0.05) is 22.8 Å². The van der Waals surface area contributed by atoms with Crippen LogP contribution in [0.4, 0.5) is 21.9 Å². The molecule has 0 saturated heterocycles. The Morgan fingerprint density at radius 3 is 2.56 bits per heavy atom. The van der Waals surface area contributed by atoms with Gasteiger partial charge in [0.15, 0.2) is 0 Å². The van der Waals surface area contributed by atoms with E-state index in [0.29, 0.717) is 15.7 Å². The second-order valence-corrected chi connectivity index (χ2v) is 5.63. The van der Waals surface area contributed by atoms with Gasteiger partial charge in [-0.1, -0.05) is 29.3 Å². The zero-order valence-electron chi connectivity index (χ0n) is 12.6. The first-order valence-corrected chi connectivity index (χ1v) is 7.65. The van der Waals surface area contributed by atoms with E-state index in [1.54, 1.807) is 6.07 Å². The summed E-state index contributed by atoms with van der Waals surface area (Å²) >= 11 is 11.7. The minimum atomic E-state index is -0.687. The second-order valence-electron chi connectivity index (χ2n) is 4.79. The number of halogens is 2. The quantitative estimate of drug-likeness (QED) is 0.540. The summed E-state index contributed by atoms with van der Waals surface area (Å²) < 4.78 is 0. The van der Waals surface area contributed by atoms with E-state index in [9.17, 15) is 19.7 Å². The summed E-state index contributed by atoms with van der Waals surface area (Å²) in [6, 6.07) is 9.31. The number of rotatable bonds is 5. The number of nitro groups is 1. The Bertz CT molecular complexity index is 829. The number of hydrogen-bond donors (Lipinski definition) is 3. The van der Waals surface area contributed by atoms with Crippen LogP contribution < -0.4 is 16.0 Å². The van der Waals surface area contributed by atoms with Crippen molar-refractivity contribution < 1.29 is 14.5 Å². The molecular formula is C15H12Cl2N4O4. The highest BCUT2D eigenvalue weighted by molar-refractivity contribution is 6.35. The van der Waals surface area contributed by atoms with Gasteiger partial charge in [0.05, 0.1) is 22.2 Å². The monoisotopic (exact) mass is 382 g/mol. The summed E-state index contributed by atoms with van der Waals surface area (Å²) in [6.45, 7) is -0.330. The molecule has 0 radical (unpaired) electrons. The largest absolute Gasteiger partial charge is 0.329 e. The van der Waals surface area contributed by atoms with E-state index in [1.165, 1.54) is 36.4 Å². The molecule has 0 atom stereocenters. The summed E-state index contributed by atoms with van der Waals surface area (Å²) in [5.41, 5.74) is 0.385. The van der Waals surface area contributed by atoms with Crippen molar-refractivity contribution in [3.8, 4) is 0 Å². The van der Waals surface area contributed by atoms with Crippen LogP contribution >= 0.6 is 23.2 Å². The third-order valence-electron chi connectivity index (χ3n) is 2.93. The lowest BCUT2D eigenvalue weighted by atomic mass is 10.3. The van der Waals surface area contributed by atoms with Crippen molar-refractivity contribution in [2.24, 2.45) is 0 Å². The fourth-order valence-corrected chi connectivity index (χ4v) is 2.16. The molecule has 0 unspecified atom stereocenters. The average Bonchev–Trinajstić information content (AvgIpc) is 2.56. The highest BCUT2D eigenvalue weighted by Crippen LogP contribution is 2.25. The number of non-ortho nitro benzene ring substituents is 1.